The van der Waals surface area contributed by atoms with Gasteiger partial charge in [-0.05, 0) is 18.2 Å². The Labute approximate surface area is 167 Å². The van der Waals surface area contributed by atoms with Gasteiger partial charge in [-0.15, -0.1) is 0 Å². The van der Waals surface area contributed by atoms with Crippen LogP contribution in [0.5, 0.6) is 0 Å². The van der Waals surface area contributed by atoms with Crippen molar-refractivity contribution in [1.29, 1.82) is 0 Å². The Balaban J connectivity index is 1.43. The molecule has 29 heavy (non-hydrogen) atoms. The molecule has 1 amide bonds. The van der Waals surface area contributed by atoms with Crippen LogP contribution in [0, 0.1) is 0 Å². The third-order valence-electron chi connectivity index (χ3n) is 4.46. The van der Waals surface area contributed by atoms with Crippen LogP contribution in [0.4, 0.5) is 11.6 Å². The third-order valence-corrected chi connectivity index (χ3v) is 6.33. The van der Waals surface area contributed by atoms with Gasteiger partial charge in [0.05, 0.1) is 18.7 Å². The monoisotopic (exact) mass is 414 g/mol. The van der Waals surface area contributed by atoms with E-state index in [0.717, 1.165) is 0 Å². The molecular weight excluding hydrogens is 396 g/mol. The Morgan fingerprint density at radius 1 is 1.10 bits per heavy atom. The van der Waals surface area contributed by atoms with Gasteiger partial charge in [0.1, 0.15) is 28.5 Å². The SMILES string of the molecule is O=C(Nc1ccccn1)c1cncc(N2CCN(S(=O)(=O)c3ccoc3)CC2)n1. The van der Waals surface area contributed by atoms with Crippen LogP contribution < -0.4 is 10.2 Å². The molecule has 0 radical (unpaired) electrons. The zero-order valence-corrected chi connectivity index (χ0v) is 16.1. The van der Waals surface area contributed by atoms with E-state index in [4.69, 9.17) is 4.42 Å². The molecule has 11 heteroatoms. The number of carbonyl (C=O) groups excluding carboxylic acids is 1. The first-order chi connectivity index (χ1) is 14.0. The molecule has 150 valence electrons. The summed E-state index contributed by atoms with van der Waals surface area (Å²) < 4.78 is 31.4. The quantitative estimate of drug-likeness (QED) is 0.662. The highest BCUT2D eigenvalue weighted by Gasteiger charge is 2.29. The second-order valence-electron chi connectivity index (χ2n) is 6.28. The van der Waals surface area contributed by atoms with Crippen molar-refractivity contribution in [2.24, 2.45) is 0 Å². The Morgan fingerprint density at radius 2 is 1.93 bits per heavy atom. The molecule has 0 atom stereocenters. The Kier molecular flexibility index (Phi) is 5.23. The molecule has 1 fully saturated rings. The van der Waals surface area contributed by atoms with Crippen molar-refractivity contribution in [3.8, 4) is 0 Å². The van der Waals surface area contributed by atoms with E-state index < -0.39 is 15.9 Å². The molecule has 3 aromatic rings. The fourth-order valence-electron chi connectivity index (χ4n) is 2.94. The molecule has 1 N–H and O–H groups in total. The molecule has 0 aromatic carbocycles. The number of amides is 1. The molecule has 1 aliphatic heterocycles. The van der Waals surface area contributed by atoms with Gasteiger partial charge >= 0.3 is 0 Å². The fourth-order valence-corrected chi connectivity index (χ4v) is 4.29. The van der Waals surface area contributed by atoms with Gasteiger partial charge in [0.25, 0.3) is 5.91 Å². The zero-order valence-electron chi connectivity index (χ0n) is 15.3. The van der Waals surface area contributed by atoms with Crippen molar-refractivity contribution in [1.82, 2.24) is 19.3 Å². The lowest BCUT2D eigenvalue weighted by atomic mass is 10.3. The minimum absolute atomic E-state index is 0.138. The lowest BCUT2D eigenvalue weighted by Gasteiger charge is -2.34. The molecule has 0 saturated carbocycles. The summed E-state index contributed by atoms with van der Waals surface area (Å²) in [4.78, 5) is 26.9. The Hall–Kier alpha value is -3.31. The molecule has 0 aliphatic carbocycles. The van der Waals surface area contributed by atoms with E-state index in [9.17, 15) is 13.2 Å². The summed E-state index contributed by atoms with van der Waals surface area (Å²) in [5, 5.41) is 2.66. The largest absolute Gasteiger partial charge is 0.471 e. The number of nitrogens with one attached hydrogen (secondary N) is 1. The van der Waals surface area contributed by atoms with Crippen molar-refractivity contribution in [3.05, 3.63) is 61.1 Å². The summed E-state index contributed by atoms with van der Waals surface area (Å²) in [6.45, 7) is 1.44. The normalized spacial score (nSPS) is 15.2. The number of sulfonamides is 1. The van der Waals surface area contributed by atoms with Gasteiger partial charge in [-0.2, -0.15) is 4.31 Å². The number of aromatic nitrogens is 3. The first kappa shape index (κ1) is 19.0. The lowest BCUT2D eigenvalue weighted by Crippen LogP contribution is -2.49. The van der Waals surface area contributed by atoms with E-state index in [-0.39, 0.29) is 10.6 Å². The summed E-state index contributed by atoms with van der Waals surface area (Å²) in [6, 6.07) is 6.62. The summed E-state index contributed by atoms with van der Waals surface area (Å²) in [5.74, 6) is 0.515. The fraction of sp³-hybridized carbons (Fsp3) is 0.222. The van der Waals surface area contributed by atoms with Crippen LogP contribution in [0.25, 0.3) is 0 Å². The highest BCUT2D eigenvalue weighted by Crippen LogP contribution is 2.20. The van der Waals surface area contributed by atoms with Crippen LogP contribution in [0.1, 0.15) is 10.5 Å². The Morgan fingerprint density at radius 3 is 2.62 bits per heavy atom. The Bertz CT molecular complexity index is 1080. The van der Waals surface area contributed by atoms with Crippen molar-refractivity contribution >= 4 is 27.6 Å². The maximum atomic E-state index is 12.6. The van der Waals surface area contributed by atoms with Gasteiger partial charge in [-0.25, -0.2) is 18.4 Å². The molecule has 4 rings (SSSR count). The smallest absolute Gasteiger partial charge is 0.277 e. The van der Waals surface area contributed by atoms with Gasteiger partial charge in [-0.3, -0.25) is 9.78 Å². The van der Waals surface area contributed by atoms with Crippen molar-refractivity contribution in [2.75, 3.05) is 36.4 Å². The van der Waals surface area contributed by atoms with Crippen molar-refractivity contribution < 1.29 is 17.6 Å². The van der Waals surface area contributed by atoms with Crippen LogP contribution in [-0.4, -0.2) is 59.8 Å². The van der Waals surface area contributed by atoms with Gasteiger partial charge in [0.2, 0.25) is 10.0 Å². The minimum Gasteiger partial charge on any atom is -0.471 e. The molecule has 10 nitrogen and oxygen atoms in total. The van der Waals surface area contributed by atoms with E-state index in [1.165, 1.54) is 29.1 Å². The molecule has 4 heterocycles. The number of piperazine rings is 1. The molecular formula is C18H18N6O4S. The van der Waals surface area contributed by atoms with Crippen LogP contribution in [-0.2, 0) is 10.0 Å². The van der Waals surface area contributed by atoms with Crippen molar-refractivity contribution in [2.45, 2.75) is 4.90 Å². The second-order valence-corrected chi connectivity index (χ2v) is 8.22. The van der Waals surface area contributed by atoms with Gasteiger partial charge in [-0.1, -0.05) is 6.07 Å². The topological polar surface area (TPSA) is 122 Å². The van der Waals surface area contributed by atoms with Crippen LogP contribution in [0.2, 0.25) is 0 Å². The number of carbonyl (C=O) groups is 1. The van der Waals surface area contributed by atoms with Gasteiger partial charge < -0.3 is 14.6 Å². The first-order valence-electron chi connectivity index (χ1n) is 8.86. The van der Waals surface area contributed by atoms with E-state index in [0.29, 0.717) is 37.8 Å². The summed E-state index contributed by atoms with van der Waals surface area (Å²) >= 11 is 0. The maximum Gasteiger partial charge on any atom is 0.277 e. The highest BCUT2D eigenvalue weighted by molar-refractivity contribution is 7.89. The number of nitrogens with zero attached hydrogens (tertiary/aromatic N) is 5. The van der Waals surface area contributed by atoms with E-state index >= 15 is 0 Å². The van der Waals surface area contributed by atoms with Crippen molar-refractivity contribution in [3.63, 3.8) is 0 Å². The molecule has 0 bridgehead atoms. The van der Waals surface area contributed by atoms with Crippen LogP contribution >= 0.6 is 0 Å². The molecule has 0 spiro atoms. The van der Waals surface area contributed by atoms with Crippen LogP contribution in [0.3, 0.4) is 0 Å². The van der Waals surface area contributed by atoms with E-state index in [2.05, 4.69) is 20.3 Å². The minimum atomic E-state index is -3.57. The summed E-state index contributed by atoms with van der Waals surface area (Å²) in [7, 11) is -3.57. The van der Waals surface area contributed by atoms with Gasteiger partial charge in [0, 0.05) is 32.4 Å². The predicted molar refractivity (Wildman–Crippen MR) is 104 cm³/mol. The molecule has 3 aromatic heterocycles. The number of pyridine rings is 1. The van der Waals surface area contributed by atoms with Gasteiger partial charge in [0.15, 0.2) is 0 Å². The maximum absolute atomic E-state index is 12.6. The standard InChI is InChI=1S/C18H18N6O4S/c25-18(22-16-3-1-2-5-20-16)15-11-19-12-17(21-15)23-6-8-24(9-7-23)29(26,27)14-4-10-28-13-14/h1-5,10-13H,6-9H2,(H,20,22,25). The average molecular weight is 414 g/mol. The van der Waals surface area contributed by atoms with E-state index in [1.807, 2.05) is 4.90 Å². The number of hydrogen-bond donors (Lipinski definition) is 1. The number of hydrogen-bond acceptors (Lipinski definition) is 8. The zero-order chi connectivity index (χ0) is 20.3. The number of furan rings is 1. The third kappa shape index (κ3) is 4.10. The summed E-state index contributed by atoms with van der Waals surface area (Å²) in [5.41, 5.74) is 0.154. The number of rotatable bonds is 5. The molecule has 0 unspecified atom stereocenters. The van der Waals surface area contributed by atoms with Crippen LogP contribution in [0.15, 0.2) is 64.7 Å². The summed E-state index contributed by atoms with van der Waals surface area (Å²) in [6.07, 6.45) is 7.06. The number of anilines is 2. The first-order valence-corrected chi connectivity index (χ1v) is 10.3. The lowest BCUT2D eigenvalue weighted by molar-refractivity contribution is 0.102. The highest BCUT2D eigenvalue weighted by atomic mass is 32.2. The average Bonchev–Trinajstić information content (AvgIpc) is 3.31. The molecule has 1 aliphatic rings. The van der Waals surface area contributed by atoms with E-state index in [1.54, 1.807) is 30.6 Å². The predicted octanol–water partition coefficient (Wildman–Crippen LogP) is 1.23. The molecule has 1 saturated heterocycles. The second kappa shape index (κ2) is 7.97.